The lowest BCUT2D eigenvalue weighted by Crippen LogP contribution is -1.96. The van der Waals surface area contributed by atoms with Crippen molar-refractivity contribution in [3.8, 4) is 11.8 Å². The Labute approximate surface area is 50.7 Å². The van der Waals surface area contributed by atoms with Crippen molar-refractivity contribution in [2.75, 3.05) is 0 Å². The summed E-state index contributed by atoms with van der Waals surface area (Å²) in [4.78, 5) is 0. The molecular formula is C7H12O. The molecule has 0 amide bonds. The van der Waals surface area contributed by atoms with Crippen molar-refractivity contribution >= 4 is 0 Å². The second kappa shape index (κ2) is 4.67. The summed E-state index contributed by atoms with van der Waals surface area (Å²) in [5, 5.41) is 8.71. The molecule has 0 aromatic heterocycles. The second-order valence-corrected chi connectivity index (χ2v) is 1.81. The molecule has 0 aliphatic heterocycles. The molecule has 0 saturated heterocycles. The molecule has 1 nitrogen and oxygen atoms in total. The van der Waals surface area contributed by atoms with Gasteiger partial charge in [-0.1, -0.05) is 0 Å². The lowest BCUT2D eigenvalue weighted by molar-refractivity contribution is 0.186. The lowest BCUT2D eigenvalue weighted by atomic mass is 10.2. The van der Waals surface area contributed by atoms with Gasteiger partial charge < -0.3 is 5.11 Å². The first-order valence-electron chi connectivity index (χ1n) is 2.85. The lowest BCUT2D eigenvalue weighted by Gasteiger charge is -1.95. The maximum absolute atomic E-state index is 8.71. The van der Waals surface area contributed by atoms with Crippen molar-refractivity contribution < 1.29 is 5.11 Å². The van der Waals surface area contributed by atoms with Gasteiger partial charge in [0.05, 0.1) is 6.10 Å². The second-order valence-electron chi connectivity index (χ2n) is 1.81. The van der Waals surface area contributed by atoms with E-state index in [4.69, 9.17) is 5.11 Å². The quantitative estimate of drug-likeness (QED) is 0.532. The van der Waals surface area contributed by atoms with Crippen LogP contribution in [-0.2, 0) is 0 Å². The van der Waals surface area contributed by atoms with Crippen LogP contribution in [0.15, 0.2) is 0 Å². The molecule has 46 valence electrons. The summed E-state index contributed by atoms with van der Waals surface area (Å²) in [6, 6.07) is 0. The van der Waals surface area contributed by atoms with Gasteiger partial charge in [0, 0.05) is 6.42 Å². The Bertz CT molecular complexity index is 94.7. The first-order valence-corrected chi connectivity index (χ1v) is 2.85. The minimum atomic E-state index is -0.198. The molecule has 0 saturated carbocycles. The van der Waals surface area contributed by atoms with Crippen LogP contribution in [0.3, 0.4) is 0 Å². The maximum Gasteiger partial charge on any atom is 0.0521 e. The number of aliphatic hydroxyl groups is 1. The normalized spacial score (nSPS) is 11.9. The molecular weight excluding hydrogens is 100 g/mol. The molecule has 0 radical (unpaired) electrons. The Hall–Kier alpha value is -0.480. The molecule has 1 atom stereocenters. The number of hydrogen-bond donors (Lipinski definition) is 1. The zero-order valence-electron chi connectivity index (χ0n) is 5.44. The molecule has 0 heterocycles. The van der Waals surface area contributed by atoms with Crippen LogP contribution in [0.1, 0.15) is 26.7 Å². The van der Waals surface area contributed by atoms with E-state index in [2.05, 4.69) is 11.8 Å². The molecule has 1 heteroatoms. The van der Waals surface area contributed by atoms with E-state index in [0.29, 0.717) is 0 Å². The molecule has 1 N–H and O–H groups in total. The van der Waals surface area contributed by atoms with Crippen molar-refractivity contribution in [3.63, 3.8) is 0 Å². The zero-order chi connectivity index (χ0) is 6.41. The number of hydrogen-bond acceptors (Lipinski definition) is 1. The van der Waals surface area contributed by atoms with Gasteiger partial charge in [0.2, 0.25) is 0 Å². The molecule has 0 fully saturated rings. The van der Waals surface area contributed by atoms with E-state index in [1.807, 2.05) is 6.92 Å². The first kappa shape index (κ1) is 7.52. The Morgan fingerprint density at radius 1 is 1.62 bits per heavy atom. The Morgan fingerprint density at radius 3 is 2.62 bits per heavy atom. The molecule has 0 aliphatic rings. The maximum atomic E-state index is 8.71. The predicted octanol–water partition coefficient (Wildman–Crippen LogP) is 1.17. The summed E-state index contributed by atoms with van der Waals surface area (Å²) in [6.45, 7) is 3.58. The van der Waals surface area contributed by atoms with Crippen molar-refractivity contribution in [1.82, 2.24) is 0 Å². The van der Waals surface area contributed by atoms with Gasteiger partial charge in [0.1, 0.15) is 0 Å². The van der Waals surface area contributed by atoms with E-state index in [0.717, 1.165) is 12.8 Å². The SMILES string of the molecule is CC#CCCC(C)O. The highest BCUT2D eigenvalue weighted by molar-refractivity contribution is 4.94. The first-order chi connectivity index (χ1) is 3.77. The molecule has 8 heavy (non-hydrogen) atoms. The molecule has 0 rings (SSSR count). The molecule has 0 aromatic carbocycles. The summed E-state index contributed by atoms with van der Waals surface area (Å²) < 4.78 is 0. The fourth-order valence-corrected chi connectivity index (χ4v) is 0.406. The van der Waals surface area contributed by atoms with Gasteiger partial charge >= 0.3 is 0 Å². The molecule has 0 spiro atoms. The van der Waals surface area contributed by atoms with Gasteiger partial charge in [-0.15, -0.1) is 11.8 Å². The van der Waals surface area contributed by atoms with Gasteiger partial charge in [0.15, 0.2) is 0 Å². The third kappa shape index (κ3) is 5.52. The van der Waals surface area contributed by atoms with Crippen LogP contribution < -0.4 is 0 Å². The fraction of sp³-hybridized carbons (Fsp3) is 0.714. The highest BCUT2D eigenvalue weighted by Gasteiger charge is 1.89. The Kier molecular flexibility index (Phi) is 4.39. The van der Waals surface area contributed by atoms with Crippen LogP contribution in [0.2, 0.25) is 0 Å². The highest BCUT2D eigenvalue weighted by atomic mass is 16.3. The van der Waals surface area contributed by atoms with E-state index >= 15 is 0 Å². The minimum absolute atomic E-state index is 0.198. The smallest absolute Gasteiger partial charge is 0.0521 e. The topological polar surface area (TPSA) is 20.2 Å². The van der Waals surface area contributed by atoms with Gasteiger partial charge in [-0.2, -0.15) is 0 Å². The molecule has 1 unspecified atom stereocenters. The van der Waals surface area contributed by atoms with E-state index in [9.17, 15) is 0 Å². The van der Waals surface area contributed by atoms with Crippen molar-refractivity contribution in [2.24, 2.45) is 0 Å². The van der Waals surface area contributed by atoms with E-state index in [1.165, 1.54) is 0 Å². The average Bonchev–Trinajstić information content (AvgIpc) is 1.66. The Balaban J connectivity index is 3.01. The van der Waals surface area contributed by atoms with Crippen LogP contribution in [0.4, 0.5) is 0 Å². The van der Waals surface area contributed by atoms with Crippen LogP contribution in [0.25, 0.3) is 0 Å². The average molecular weight is 112 g/mol. The van der Waals surface area contributed by atoms with Crippen LogP contribution in [0.5, 0.6) is 0 Å². The molecule has 0 aromatic rings. The van der Waals surface area contributed by atoms with E-state index in [1.54, 1.807) is 6.92 Å². The van der Waals surface area contributed by atoms with Crippen LogP contribution >= 0.6 is 0 Å². The monoisotopic (exact) mass is 112 g/mol. The standard InChI is InChI=1S/C7H12O/c1-3-4-5-6-7(2)8/h7-8H,5-6H2,1-2H3. The van der Waals surface area contributed by atoms with Crippen molar-refractivity contribution in [1.29, 1.82) is 0 Å². The van der Waals surface area contributed by atoms with Gasteiger partial charge in [-0.3, -0.25) is 0 Å². The van der Waals surface area contributed by atoms with Crippen LogP contribution in [-0.4, -0.2) is 11.2 Å². The fourth-order valence-electron chi connectivity index (χ4n) is 0.406. The largest absolute Gasteiger partial charge is 0.393 e. The third-order valence-corrected chi connectivity index (χ3v) is 0.864. The van der Waals surface area contributed by atoms with Gasteiger partial charge in [-0.05, 0) is 20.3 Å². The molecule has 0 bridgehead atoms. The van der Waals surface area contributed by atoms with Crippen molar-refractivity contribution in [3.05, 3.63) is 0 Å². The van der Waals surface area contributed by atoms with Crippen molar-refractivity contribution in [2.45, 2.75) is 32.8 Å². The number of rotatable bonds is 2. The predicted molar refractivity (Wildman–Crippen MR) is 34.4 cm³/mol. The van der Waals surface area contributed by atoms with E-state index < -0.39 is 0 Å². The minimum Gasteiger partial charge on any atom is -0.393 e. The third-order valence-electron chi connectivity index (χ3n) is 0.864. The Morgan fingerprint density at radius 2 is 2.25 bits per heavy atom. The number of aliphatic hydroxyl groups excluding tert-OH is 1. The van der Waals surface area contributed by atoms with Crippen LogP contribution in [0, 0.1) is 11.8 Å². The summed E-state index contributed by atoms with van der Waals surface area (Å²) in [6.07, 6.45) is 1.41. The summed E-state index contributed by atoms with van der Waals surface area (Å²) in [5.41, 5.74) is 0. The summed E-state index contributed by atoms with van der Waals surface area (Å²) in [7, 11) is 0. The summed E-state index contributed by atoms with van der Waals surface area (Å²) >= 11 is 0. The molecule has 0 aliphatic carbocycles. The summed E-state index contributed by atoms with van der Waals surface area (Å²) in [5.74, 6) is 5.63. The highest BCUT2D eigenvalue weighted by Crippen LogP contribution is 1.92. The zero-order valence-corrected chi connectivity index (χ0v) is 5.44. The van der Waals surface area contributed by atoms with E-state index in [-0.39, 0.29) is 6.10 Å². The van der Waals surface area contributed by atoms with Gasteiger partial charge in [-0.25, -0.2) is 0 Å². The van der Waals surface area contributed by atoms with Gasteiger partial charge in [0.25, 0.3) is 0 Å².